The number of ether oxygens (including phenoxy) is 2. The van der Waals surface area contributed by atoms with Crippen molar-refractivity contribution in [2.24, 2.45) is 5.92 Å². The molecule has 1 aliphatic rings. The molecule has 116 valence electrons. The first kappa shape index (κ1) is 15.8. The maximum absolute atomic E-state index is 11.8. The van der Waals surface area contributed by atoms with Crippen molar-refractivity contribution in [3.05, 3.63) is 29.8 Å². The number of carbonyl (C=O) groups is 1. The Morgan fingerprint density at radius 1 is 1.43 bits per heavy atom. The topological polar surface area (TPSA) is 47.6 Å². The van der Waals surface area contributed by atoms with Gasteiger partial charge in [-0.05, 0) is 37.3 Å². The smallest absolute Gasteiger partial charge is 0.225 e. The van der Waals surface area contributed by atoms with Crippen LogP contribution in [-0.2, 0) is 16.0 Å². The third-order valence-corrected chi connectivity index (χ3v) is 3.66. The van der Waals surface area contributed by atoms with Crippen LogP contribution in [0, 0.1) is 5.92 Å². The maximum Gasteiger partial charge on any atom is 0.225 e. The minimum absolute atomic E-state index is 0.0465. The molecule has 1 N–H and O–H groups in total. The van der Waals surface area contributed by atoms with Gasteiger partial charge in [0.25, 0.3) is 0 Å². The van der Waals surface area contributed by atoms with E-state index in [2.05, 4.69) is 18.3 Å². The fourth-order valence-corrected chi connectivity index (χ4v) is 2.44. The normalized spacial score (nSPS) is 17.7. The zero-order chi connectivity index (χ0) is 14.9. The highest BCUT2D eigenvalue weighted by Crippen LogP contribution is 2.19. The van der Waals surface area contributed by atoms with E-state index in [1.807, 2.05) is 18.2 Å². The van der Waals surface area contributed by atoms with Crippen molar-refractivity contribution in [2.75, 3.05) is 26.4 Å². The number of para-hydroxylation sites is 1. The van der Waals surface area contributed by atoms with Gasteiger partial charge in [0.2, 0.25) is 5.91 Å². The van der Waals surface area contributed by atoms with E-state index in [0.29, 0.717) is 19.8 Å². The van der Waals surface area contributed by atoms with Gasteiger partial charge in [0, 0.05) is 13.2 Å². The fourth-order valence-electron chi connectivity index (χ4n) is 2.44. The maximum atomic E-state index is 11.8. The molecule has 4 nitrogen and oxygen atoms in total. The van der Waals surface area contributed by atoms with Crippen molar-refractivity contribution in [1.82, 2.24) is 5.32 Å². The first-order valence-corrected chi connectivity index (χ1v) is 7.87. The number of benzene rings is 1. The number of rotatable bonds is 8. The number of carbonyl (C=O) groups excluding carboxylic acids is 1. The van der Waals surface area contributed by atoms with Gasteiger partial charge in [0.1, 0.15) is 5.75 Å². The van der Waals surface area contributed by atoms with E-state index in [9.17, 15) is 4.79 Å². The predicted molar refractivity (Wildman–Crippen MR) is 82.5 cm³/mol. The fraction of sp³-hybridized carbons (Fsp3) is 0.588. The monoisotopic (exact) mass is 291 g/mol. The highest BCUT2D eigenvalue weighted by molar-refractivity contribution is 5.78. The molecular formula is C17H25NO3. The Kier molecular flexibility index (Phi) is 6.54. The van der Waals surface area contributed by atoms with Crippen LogP contribution in [0.1, 0.15) is 31.7 Å². The molecule has 0 aromatic heterocycles. The summed E-state index contributed by atoms with van der Waals surface area (Å²) < 4.78 is 11.0. The zero-order valence-corrected chi connectivity index (χ0v) is 12.8. The Labute approximate surface area is 126 Å². The summed E-state index contributed by atoms with van der Waals surface area (Å²) in [5, 5.41) is 3.00. The molecule has 0 saturated carbocycles. The summed E-state index contributed by atoms with van der Waals surface area (Å²) in [6, 6.07) is 8.13. The molecule has 0 spiro atoms. The second kappa shape index (κ2) is 8.67. The van der Waals surface area contributed by atoms with Crippen LogP contribution < -0.4 is 10.1 Å². The van der Waals surface area contributed by atoms with Gasteiger partial charge in [-0.2, -0.15) is 0 Å². The average Bonchev–Trinajstić information content (AvgIpc) is 3.04. The quantitative estimate of drug-likeness (QED) is 0.749. The number of aryl methyl sites for hydroxylation is 1. The molecule has 1 amide bonds. The molecule has 1 saturated heterocycles. The van der Waals surface area contributed by atoms with E-state index in [0.717, 1.165) is 38.0 Å². The molecule has 1 heterocycles. The minimum Gasteiger partial charge on any atom is -0.493 e. The van der Waals surface area contributed by atoms with Crippen LogP contribution in [0.25, 0.3) is 0 Å². The molecule has 1 aromatic rings. The standard InChI is InChI=1S/C17H25NO3/c1-2-11-21-16-8-4-3-6-14(16)7-5-10-18-17(19)15-9-12-20-13-15/h3-4,6,8,15H,2,5,7,9-13H2,1H3,(H,18,19)/t15-/m1/s1. The van der Waals surface area contributed by atoms with E-state index >= 15 is 0 Å². The van der Waals surface area contributed by atoms with Gasteiger partial charge >= 0.3 is 0 Å². The van der Waals surface area contributed by atoms with Crippen LogP contribution >= 0.6 is 0 Å². The van der Waals surface area contributed by atoms with Crippen molar-refractivity contribution in [3.63, 3.8) is 0 Å². The van der Waals surface area contributed by atoms with E-state index in [4.69, 9.17) is 9.47 Å². The molecule has 21 heavy (non-hydrogen) atoms. The molecular weight excluding hydrogens is 266 g/mol. The molecule has 1 aliphatic heterocycles. The van der Waals surface area contributed by atoms with Crippen molar-refractivity contribution in [2.45, 2.75) is 32.6 Å². The van der Waals surface area contributed by atoms with Gasteiger partial charge in [-0.3, -0.25) is 4.79 Å². The van der Waals surface area contributed by atoms with E-state index in [-0.39, 0.29) is 11.8 Å². The van der Waals surface area contributed by atoms with Crippen LogP contribution in [-0.4, -0.2) is 32.3 Å². The number of hydrogen-bond acceptors (Lipinski definition) is 3. The Morgan fingerprint density at radius 2 is 2.29 bits per heavy atom. The second-order valence-electron chi connectivity index (χ2n) is 5.41. The van der Waals surface area contributed by atoms with Gasteiger partial charge in [0.05, 0.1) is 19.1 Å². The zero-order valence-electron chi connectivity index (χ0n) is 12.8. The van der Waals surface area contributed by atoms with Crippen LogP contribution in [0.2, 0.25) is 0 Å². The Hall–Kier alpha value is -1.55. The molecule has 0 radical (unpaired) electrons. The van der Waals surface area contributed by atoms with Gasteiger partial charge < -0.3 is 14.8 Å². The van der Waals surface area contributed by atoms with Crippen LogP contribution in [0.4, 0.5) is 0 Å². The van der Waals surface area contributed by atoms with Crippen LogP contribution in [0.5, 0.6) is 5.75 Å². The Morgan fingerprint density at radius 3 is 3.05 bits per heavy atom. The lowest BCUT2D eigenvalue weighted by Gasteiger charge is -2.12. The lowest BCUT2D eigenvalue weighted by molar-refractivity contribution is -0.124. The van der Waals surface area contributed by atoms with Crippen LogP contribution in [0.3, 0.4) is 0 Å². The third-order valence-electron chi connectivity index (χ3n) is 3.66. The lowest BCUT2D eigenvalue weighted by atomic mass is 10.1. The van der Waals surface area contributed by atoms with E-state index in [1.165, 1.54) is 5.56 Å². The number of nitrogens with one attached hydrogen (secondary N) is 1. The first-order valence-electron chi connectivity index (χ1n) is 7.87. The van der Waals surface area contributed by atoms with Crippen molar-refractivity contribution >= 4 is 5.91 Å². The molecule has 1 fully saturated rings. The second-order valence-corrected chi connectivity index (χ2v) is 5.41. The number of amides is 1. The molecule has 1 atom stereocenters. The molecule has 2 rings (SSSR count). The lowest BCUT2D eigenvalue weighted by Crippen LogP contribution is -2.31. The molecule has 0 bridgehead atoms. The van der Waals surface area contributed by atoms with Crippen molar-refractivity contribution in [1.29, 1.82) is 0 Å². The summed E-state index contributed by atoms with van der Waals surface area (Å²) in [5.41, 5.74) is 1.21. The molecule has 4 heteroatoms. The summed E-state index contributed by atoms with van der Waals surface area (Å²) in [6.07, 6.45) is 3.69. The van der Waals surface area contributed by atoms with Crippen LogP contribution in [0.15, 0.2) is 24.3 Å². The molecule has 1 aromatic carbocycles. The van der Waals surface area contributed by atoms with E-state index < -0.39 is 0 Å². The summed E-state index contributed by atoms with van der Waals surface area (Å²) in [5.74, 6) is 1.14. The number of hydrogen-bond donors (Lipinski definition) is 1. The van der Waals surface area contributed by atoms with Gasteiger partial charge in [0.15, 0.2) is 0 Å². The third kappa shape index (κ3) is 5.05. The first-order chi connectivity index (χ1) is 10.3. The van der Waals surface area contributed by atoms with Gasteiger partial charge in [-0.25, -0.2) is 0 Å². The molecule has 0 aliphatic carbocycles. The summed E-state index contributed by atoms with van der Waals surface area (Å²) in [4.78, 5) is 11.8. The van der Waals surface area contributed by atoms with Crippen molar-refractivity contribution in [3.8, 4) is 5.75 Å². The molecule has 0 unspecified atom stereocenters. The summed E-state index contributed by atoms with van der Waals surface area (Å²) in [7, 11) is 0. The van der Waals surface area contributed by atoms with Crippen molar-refractivity contribution < 1.29 is 14.3 Å². The largest absolute Gasteiger partial charge is 0.493 e. The summed E-state index contributed by atoms with van der Waals surface area (Å²) in [6.45, 7) is 4.83. The SMILES string of the molecule is CCCOc1ccccc1CCCNC(=O)[C@@H]1CCOC1. The Balaban J connectivity index is 1.71. The highest BCUT2D eigenvalue weighted by atomic mass is 16.5. The van der Waals surface area contributed by atoms with Gasteiger partial charge in [-0.1, -0.05) is 25.1 Å². The average molecular weight is 291 g/mol. The van der Waals surface area contributed by atoms with Gasteiger partial charge in [-0.15, -0.1) is 0 Å². The highest BCUT2D eigenvalue weighted by Gasteiger charge is 2.22. The summed E-state index contributed by atoms with van der Waals surface area (Å²) >= 11 is 0. The predicted octanol–water partition coefficient (Wildman–Crippen LogP) is 2.56. The minimum atomic E-state index is 0.0465. The van der Waals surface area contributed by atoms with E-state index in [1.54, 1.807) is 0 Å². The Bertz CT molecular complexity index is 441.